The lowest BCUT2D eigenvalue weighted by molar-refractivity contribution is 0.414. The predicted octanol–water partition coefficient (Wildman–Crippen LogP) is 2.85. The van der Waals surface area contributed by atoms with E-state index in [1.165, 1.54) is 31.5 Å². The van der Waals surface area contributed by atoms with E-state index in [0.717, 1.165) is 5.56 Å². The summed E-state index contributed by atoms with van der Waals surface area (Å²) in [7, 11) is -2.23. The molecule has 0 amide bonds. The molecule has 1 heterocycles. The zero-order chi connectivity index (χ0) is 14.8. The van der Waals surface area contributed by atoms with E-state index < -0.39 is 10.0 Å². The lowest BCUT2D eigenvalue weighted by Gasteiger charge is -2.11. The Balaban J connectivity index is 2.36. The average Bonchev–Trinajstić information content (AvgIpc) is 2.41. The monoisotopic (exact) mass is 312 g/mol. The van der Waals surface area contributed by atoms with Crippen molar-refractivity contribution in [2.24, 2.45) is 0 Å². The number of hydrogen-bond donors (Lipinski definition) is 1. The van der Waals surface area contributed by atoms with Crippen molar-refractivity contribution >= 4 is 27.3 Å². The predicted molar refractivity (Wildman–Crippen MR) is 77.8 cm³/mol. The highest BCUT2D eigenvalue weighted by molar-refractivity contribution is 7.92. The van der Waals surface area contributed by atoms with Gasteiger partial charge in [-0.3, -0.25) is 9.71 Å². The molecule has 0 spiro atoms. The van der Waals surface area contributed by atoms with Gasteiger partial charge in [-0.25, -0.2) is 8.42 Å². The molecule has 106 valence electrons. The number of anilines is 1. The number of sulfonamides is 1. The summed E-state index contributed by atoms with van der Waals surface area (Å²) in [6.45, 7) is 1.77. The quantitative estimate of drug-likeness (QED) is 0.942. The number of rotatable bonds is 4. The van der Waals surface area contributed by atoms with Crippen molar-refractivity contribution in [1.82, 2.24) is 4.98 Å². The normalized spacial score (nSPS) is 11.2. The molecule has 20 heavy (non-hydrogen) atoms. The van der Waals surface area contributed by atoms with Gasteiger partial charge in [0, 0.05) is 12.4 Å². The summed E-state index contributed by atoms with van der Waals surface area (Å²) in [5.74, 6) is 0.422. The number of methoxy groups -OCH3 is 1. The summed E-state index contributed by atoms with van der Waals surface area (Å²) in [6.07, 6.45) is 3.10. The van der Waals surface area contributed by atoms with Crippen molar-refractivity contribution in [2.45, 2.75) is 11.8 Å². The molecule has 1 N–H and O–H groups in total. The fourth-order valence-electron chi connectivity index (χ4n) is 1.61. The molecule has 0 atom stereocenters. The first-order valence-corrected chi connectivity index (χ1v) is 7.57. The van der Waals surface area contributed by atoms with E-state index in [0.29, 0.717) is 11.4 Å². The van der Waals surface area contributed by atoms with E-state index in [4.69, 9.17) is 16.3 Å². The van der Waals surface area contributed by atoms with Gasteiger partial charge in [-0.05, 0) is 36.8 Å². The third-order valence-electron chi connectivity index (χ3n) is 2.70. The van der Waals surface area contributed by atoms with Gasteiger partial charge in [0.1, 0.15) is 5.75 Å². The fourth-order valence-corrected chi connectivity index (χ4v) is 3.08. The Morgan fingerprint density at radius 2 is 2.05 bits per heavy atom. The Hall–Kier alpha value is -1.79. The fraction of sp³-hybridized carbons (Fsp3) is 0.154. The molecular formula is C13H13ClN2O3S. The van der Waals surface area contributed by atoms with Crippen LogP contribution in [0.15, 0.2) is 41.6 Å². The van der Waals surface area contributed by atoms with Crippen molar-refractivity contribution < 1.29 is 13.2 Å². The topological polar surface area (TPSA) is 68.3 Å². The smallest absolute Gasteiger partial charge is 0.261 e. The van der Waals surface area contributed by atoms with Crippen LogP contribution in [0.3, 0.4) is 0 Å². The van der Waals surface area contributed by atoms with Crippen LogP contribution in [0.25, 0.3) is 0 Å². The maximum atomic E-state index is 12.3. The summed E-state index contributed by atoms with van der Waals surface area (Å²) in [4.78, 5) is 3.98. The lowest BCUT2D eigenvalue weighted by atomic mass is 10.3. The van der Waals surface area contributed by atoms with Gasteiger partial charge in [-0.2, -0.15) is 0 Å². The number of aromatic nitrogens is 1. The number of hydrogen-bond acceptors (Lipinski definition) is 4. The largest absolute Gasteiger partial charge is 0.495 e. The van der Waals surface area contributed by atoms with E-state index in [1.54, 1.807) is 19.2 Å². The van der Waals surface area contributed by atoms with Gasteiger partial charge in [0.25, 0.3) is 10.0 Å². The van der Waals surface area contributed by atoms with E-state index in [9.17, 15) is 8.42 Å². The SMILES string of the molecule is COc1ccc(S(=O)(=O)Nc2ccncc2C)cc1Cl. The number of nitrogens with one attached hydrogen (secondary N) is 1. The number of nitrogens with zero attached hydrogens (tertiary/aromatic N) is 1. The van der Waals surface area contributed by atoms with Gasteiger partial charge in [-0.15, -0.1) is 0 Å². The van der Waals surface area contributed by atoms with Crippen LogP contribution in [0.4, 0.5) is 5.69 Å². The first-order valence-electron chi connectivity index (χ1n) is 5.71. The van der Waals surface area contributed by atoms with Gasteiger partial charge >= 0.3 is 0 Å². The number of ether oxygens (including phenoxy) is 1. The molecule has 0 fully saturated rings. The van der Waals surface area contributed by atoms with Crippen LogP contribution in [-0.4, -0.2) is 20.5 Å². The van der Waals surface area contributed by atoms with Crippen LogP contribution in [-0.2, 0) is 10.0 Å². The summed E-state index contributed by atoms with van der Waals surface area (Å²) in [6, 6.07) is 5.89. The van der Waals surface area contributed by atoms with Gasteiger partial charge in [0.15, 0.2) is 0 Å². The molecule has 2 rings (SSSR count). The molecule has 2 aromatic rings. The Morgan fingerprint density at radius 3 is 2.65 bits per heavy atom. The van der Waals surface area contributed by atoms with Crippen LogP contribution in [0.5, 0.6) is 5.75 Å². The minimum atomic E-state index is -3.70. The summed E-state index contributed by atoms with van der Waals surface area (Å²) < 4.78 is 32.0. The van der Waals surface area contributed by atoms with Crippen LogP contribution in [0.2, 0.25) is 5.02 Å². The maximum absolute atomic E-state index is 12.3. The minimum absolute atomic E-state index is 0.0690. The molecule has 1 aromatic carbocycles. The van der Waals surface area contributed by atoms with E-state index in [2.05, 4.69) is 9.71 Å². The third kappa shape index (κ3) is 3.02. The molecule has 0 aliphatic rings. The first kappa shape index (κ1) is 14.6. The summed E-state index contributed by atoms with van der Waals surface area (Å²) in [5.41, 5.74) is 1.21. The van der Waals surface area contributed by atoms with Gasteiger partial charge in [-0.1, -0.05) is 11.6 Å². The van der Waals surface area contributed by atoms with Gasteiger partial charge in [0.05, 0.1) is 22.7 Å². The lowest BCUT2D eigenvalue weighted by Crippen LogP contribution is -2.13. The Morgan fingerprint density at radius 1 is 1.30 bits per heavy atom. The third-order valence-corrected chi connectivity index (χ3v) is 4.36. The standard InChI is InChI=1S/C13H13ClN2O3S/c1-9-8-15-6-5-12(9)16-20(17,18)10-3-4-13(19-2)11(14)7-10/h3-8H,1-2H3,(H,15,16). The number of halogens is 1. The van der Waals surface area contributed by atoms with Crippen LogP contribution in [0.1, 0.15) is 5.56 Å². The van der Waals surface area contributed by atoms with Crippen LogP contribution in [0, 0.1) is 6.92 Å². The van der Waals surface area contributed by atoms with E-state index >= 15 is 0 Å². The minimum Gasteiger partial charge on any atom is -0.495 e. The molecule has 0 saturated heterocycles. The van der Waals surface area contributed by atoms with E-state index in [1.807, 2.05) is 0 Å². The molecule has 0 bridgehead atoms. The van der Waals surface area contributed by atoms with E-state index in [-0.39, 0.29) is 9.92 Å². The van der Waals surface area contributed by atoms with Crippen molar-refractivity contribution in [3.8, 4) is 5.75 Å². The highest BCUT2D eigenvalue weighted by Gasteiger charge is 2.17. The highest BCUT2D eigenvalue weighted by Crippen LogP contribution is 2.28. The number of benzene rings is 1. The maximum Gasteiger partial charge on any atom is 0.261 e. The molecule has 0 radical (unpaired) electrons. The second kappa shape index (κ2) is 5.68. The zero-order valence-electron chi connectivity index (χ0n) is 10.9. The molecule has 7 heteroatoms. The zero-order valence-corrected chi connectivity index (χ0v) is 12.5. The van der Waals surface area contributed by atoms with Crippen molar-refractivity contribution in [2.75, 3.05) is 11.8 Å². The molecule has 0 unspecified atom stereocenters. The van der Waals surface area contributed by atoms with Crippen molar-refractivity contribution in [3.05, 3.63) is 47.2 Å². The molecule has 5 nitrogen and oxygen atoms in total. The van der Waals surface area contributed by atoms with Crippen molar-refractivity contribution in [1.29, 1.82) is 0 Å². The average molecular weight is 313 g/mol. The number of pyridine rings is 1. The van der Waals surface area contributed by atoms with Crippen molar-refractivity contribution in [3.63, 3.8) is 0 Å². The van der Waals surface area contributed by atoms with Gasteiger partial charge < -0.3 is 4.74 Å². The molecule has 0 aliphatic carbocycles. The molecule has 1 aromatic heterocycles. The second-order valence-corrected chi connectivity index (χ2v) is 6.18. The second-order valence-electron chi connectivity index (χ2n) is 4.09. The summed E-state index contributed by atoms with van der Waals surface area (Å²) >= 11 is 5.94. The molecule has 0 aliphatic heterocycles. The molecule has 0 saturated carbocycles. The van der Waals surface area contributed by atoms with Gasteiger partial charge in [0.2, 0.25) is 0 Å². The molecular weight excluding hydrogens is 300 g/mol. The Labute approximate surface area is 122 Å². The summed E-state index contributed by atoms with van der Waals surface area (Å²) in [5, 5.41) is 0.238. The Kier molecular flexibility index (Phi) is 4.15. The number of aryl methyl sites for hydroxylation is 1. The Bertz CT molecular complexity index is 732. The first-order chi connectivity index (χ1) is 9.44. The van der Waals surface area contributed by atoms with Crippen LogP contribution >= 0.6 is 11.6 Å². The highest BCUT2D eigenvalue weighted by atomic mass is 35.5. The van der Waals surface area contributed by atoms with Crippen LogP contribution < -0.4 is 9.46 Å².